The molecule has 7 nitrogen and oxygen atoms in total. The lowest BCUT2D eigenvalue weighted by molar-refractivity contribution is 0.174. The highest BCUT2D eigenvalue weighted by molar-refractivity contribution is 7.98. The predicted octanol–water partition coefficient (Wildman–Crippen LogP) is 5.34. The van der Waals surface area contributed by atoms with Crippen molar-refractivity contribution in [3.8, 4) is 34.1 Å². The molecule has 2 aromatic carbocycles. The molecule has 0 amide bonds. The van der Waals surface area contributed by atoms with Gasteiger partial charge in [-0.05, 0) is 41.8 Å². The largest absolute Gasteiger partial charge is 0.454 e. The first-order valence-electron chi connectivity index (χ1n) is 9.95. The summed E-state index contributed by atoms with van der Waals surface area (Å²) in [5.41, 5.74) is 4.03. The SMILES string of the molecule is CC(C)c1ccc(-c2ccc(SCc3nc(-c4ccc5c(c4)OCO5)no3)nn2)cc1. The van der Waals surface area contributed by atoms with Crippen molar-refractivity contribution in [3.05, 3.63) is 66.1 Å². The van der Waals surface area contributed by atoms with Gasteiger partial charge in [-0.15, -0.1) is 10.2 Å². The molecule has 5 rings (SSSR count). The second kappa shape index (κ2) is 8.39. The molecule has 0 atom stereocenters. The molecule has 2 aromatic heterocycles. The van der Waals surface area contributed by atoms with Gasteiger partial charge in [0, 0.05) is 11.1 Å². The summed E-state index contributed by atoms with van der Waals surface area (Å²) in [6.45, 7) is 4.60. The first-order valence-corrected chi connectivity index (χ1v) is 10.9. The van der Waals surface area contributed by atoms with Crippen molar-refractivity contribution >= 4 is 11.8 Å². The zero-order valence-electron chi connectivity index (χ0n) is 17.1. The molecule has 0 unspecified atom stereocenters. The van der Waals surface area contributed by atoms with Crippen molar-refractivity contribution in [2.45, 2.75) is 30.5 Å². The number of ether oxygens (including phenoxy) is 2. The van der Waals surface area contributed by atoms with Crippen molar-refractivity contribution in [1.82, 2.24) is 20.3 Å². The fourth-order valence-electron chi connectivity index (χ4n) is 3.19. The van der Waals surface area contributed by atoms with Gasteiger partial charge in [0.25, 0.3) is 0 Å². The lowest BCUT2D eigenvalue weighted by Crippen LogP contribution is -1.92. The van der Waals surface area contributed by atoms with E-state index in [1.54, 1.807) is 0 Å². The number of hydrogen-bond donors (Lipinski definition) is 0. The Balaban J connectivity index is 1.22. The molecule has 1 aliphatic heterocycles. The summed E-state index contributed by atoms with van der Waals surface area (Å²) in [6.07, 6.45) is 0. The third-order valence-electron chi connectivity index (χ3n) is 4.96. The standard InChI is InChI=1S/C23H20N4O3S/c1-14(2)15-3-5-16(6-4-15)18-8-10-22(26-25-18)31-12-21-24-23(27-30-21)17-7-9-19-20(11-17)29-13-28-19/h3-11,14H,12-13H2,1-2H3. The van der Waals surface area contributed by atoms with Gasteiger partial charge in [-0.25, -0.2) is 0 Å². The smallest absolute Gasteiger partial charge is 0.237 e. The molecule has 0 aliphatic carbocycles. The second-order valence-electron chi connectivity index (χ2n) is 7.40. The maximum atomic E-state index is 5.40. The predicted molar refractivity (Wildman–Crippen MR) is 117 cm³/mol. The van der Waals surface area contributed by atoms with E-state index in [0.29, 0.717) is 29.1 Å². The number of rotatable bonds is 6. The summed E-state index contributed by atoms with van der Waals surface area (Å²) in [7, 11) is 0. The molecule has 4 aromatic rings. The third kappa shape index (κ3) is 4.25. The zero-order chi connectivity index (χ0) is 21.2. The maximum Gasteiger partial charge on any atom is 0.237 e. The summed E-state index contributed by atoms with van der Waals surface area (Å²) in [5.74, 6) is 3.46. The highest BCUT2D eigenvalue weighted by Crippen LogP contribution is 2.35. The Kier molecular flexibility index (Phi) is 5.30. The second-order valence-corrected chi connectivity index (χ2v) is 8.40. The summed E-state index contributed by atoms with van der Waals surface area (Å²) in [6, 6.07) is 18.0. The van der Waals surface area contributed by atoms with Gasteiger partial charge in [0.2, 0.25) is 18.5 Å². The maximum absolute atomic E-state index is 5.40. The Bertz CT molecular complexity index is 1190. The van der Waals surface area contributed by atoms with Crippen LogP contribution in [0.2, 0.25) is 0 Å². The Hall–Kier alpha value is -3.39. The topological polar surface area (TPSA) is 83.2 Å². The summed E-state index contributed by atoms with van der Waals surface area (Å²) >= 11 is 1.50. The van der Waals surface area contributed by atoms with Gasteiger partial charge in [-0.2, -0.15) is 4.98 Å². The van der Waals surface area contributed by atoms with Crippen LogP contribution in [0, 0.1) is 0 Å². The number of nitrogens with zero attached hydrogens (tertiary/aromatic N) is 4. The van der Waals surface area contributed by atoms with Gasteiger partial charge in [0.1, 0.15) is 5.03 Å². The lowest BCUT2D eigenvalue weighted by Gasteiger charge is -2.06. The van der Waals surface area contributed by atoms with Crippen LogP contribution in [0.3, 0.4) is 0 Å². The molecule has 0 bridgehead atoms. The number of fused-ring (bicyclic) bond motifs is 1. The van der Waals surface area contributed by atoms with Gasteiger partial charge < -0.3 is 14.0 Å². The molecular weight excluding hydrogens is 412 g/mol. The fourth-order valence-corrected chi connectivity index (χ4v) is 3.84. The highest BCUT2D eigenvalue weighted by atomic mass is 32.2. The van der Waals surface area contributed by atoms with Crippen LogP contribution in [0.5, 0.6) is 11.5 Å². The van der Waals surface area contributed by atoms with E-state index in [0.717, 1.165) is 27.6 Å². The van der Waals surface area contributed by atoms with Gasteiger partial charge in [0.15, 0.2) is 11.5 Å². The van der Waals surface area contributed by atoms with Gasteiger partial charge in [-0.1, -0.05) is 55.0 Å². The van der Waals surface area contributed by atoms with Crippen molar-refractivity contribution in [2.75, 3.05) is 6.79 Å². The molecule has 3 heterocycles. The number of benzene rings is 2. The molecule has 156 valence electrons. The zero-order valence-corrected chi connectivity index (χ0v) is 17.9. The summed E-state index contributed by atoms with van der Waals surface area (Å²) in [5, 5.41) is 13.5. The number of aromatic nitrogens is 4. The van der Waals surface area contributed by atoms with Crippen LogP contribution in [0.4, 0.5) is 0 Å². The molecule has 0 saturated heterocycles. The quantitative estimate of drug-likeness (QED) is 0.378. The normalized spacial score (nSPS) is 12.5. The average Bonchev–Trinajstić information content (AvgIpc) is 3.47. The van der Waals surface area contributed by atoms with Crippen molar-refractivity contribution in [3.63, 3.8) is 0 Å². The molecule has 0 fully saturated rings. The van der Waals surface area contributed by atoms with E-state index in [2.05, 4.69) is 58.5 Å². The molecular formula is C23H20N4O3S. The van der Waals surface area contributed by atoms with E-state index in [4.69, 9.17) is 14.0 Å². The van der Waals surface area contributed by atoms with Crippen molar-refractivity contribution < 1.29 is 14.0 Å². The average molecular weight is 433 g/mol. The summed E-state index contributed by atoms with van der Waals surface area (Å²) < 4.78 is 16.1. The third-order valence-corrected chi connectivity index (χ3v) is 5.86. The fraction of sp³-hybridized carbons (Fsp3) is 0.217. The molecule has 1 aliphatic rings. The Morgan fingerprint density at radius 3 is 2.48 bits per heavy atom. The highest BCUT2D eigenvalue weighted by Gasteiger charge is 2.16. The first kappa shape index (κ1) is 19.6. The molecule has 8 heteroatoms. The van der Waals surface area contributed by atoms with E-state index < -0.39 is 0 Å². The van der Waals surface area contributed by atoms with Gasteiger partial charge >= 0.3 is 0 Å². The number of hydrogen-bond acceptors (Lipinski definition) is 8. The van der Waals surface area contributed by atoms with E-state index in [1.165, 1.54) is 17.3 Å². The molecule has 0 radical (unpaired) electrons. The van der Waals surface area contributed by atoms with Crippen LogP contribution >= 0.6 is 11.8 Å². The minimum absolute atomic E-state index is 0.232. The van der Waals surface area contributed by atoms with Crippen molar-refractivity contribution in [2.24, 2.45) is 0 Å². The molecule has 0 saturated carbocycles. The van der Waals surface area contributed by atoms with Crippen LogP contribution < -0.4 is 9.47 Å². The van der Waals surface area contributed by atoms with E-state index in [9.17, 15) is 0 Å². The Morgan fingerprint density at radius 2 is 1.71 bits per heavy atom. The van der Waals surface area contributed by atoms with E-state index in [-0.39, 0.29) is 6.79 Å². The van der Waals surface area contributed by atoms with Crippen LogP contribution in [-0.4, -0.2) is 27.1 Å². The number of thioether (sulfide) groups is 1. The summed E-state index contributed by atoms with van der Waals surface area (Å²) in [4.78, 5) is 4.47. The Morgan fingerprint density at radius 1 is 0.903 bits per heavy atom. The van der Waals surface area contributed by atoms with Crippen LogP contribution in [0.25, 0.3) is 22.6 Å². The minimum atomic E-state index is 0.232. The van der Waals surface area contributed by atoms with E-state index >= 15 is 0 Å². The Labute approximate surface area is 183 Å². The van der Waals surface area contributed by atoms with Gasteiger partial charge in [0.05, 0.1) is 11.4 Å². The lowest BCUT2D eigenvalue weighted by atomic mass is 10.0. The molecule has 31 heavy (non-hydrogen) atoms. The van der Waals surface area contributed by atoms with Crippen molar-refractivity contribution in [1.29, 1.82) is 0 Å². The van der Waals surface area contributed by atoms with Crippen LogP contribution in [0.1, 0.15) is 31.2 Å². The molecule has 0 N–H and O–H groups in total. The van der Waals surface area contributed by atoms with Crippen LogP contribution in [0.15, 0.2) is 64.1 Å². The van der Waals surface area contributed by atoms with Crippen LogP contribution in [-0.2, 0) is 5.75 Å². The molecule has 0 spiro atoms. The minimum Gasteiger partial charge on any atom is -0.454 e. The first-order chi connectivity index (χ1) is 15.2. The van der Waals surface area contributed by atoms with Gasteiger partial charge in [-0.3, -0.25) is 0 Å². The van der Waals surface area contributed by atoms with E-state index in [1.807, 2.05) is 30.3 Å². The monoisotopic (exact) mass is 432 g/mol.